The Hall–Kier alpha value is -1.70. The van der Waals surface area contributed by atoms with Crippen molar-refractivity contribution in [2.75, 3.05) is 0 Å². The third-order valence-electron chi connectivity index (χ3n) is 2.61. The third-order valence-corrected chi connectivity index (χ3v) is 2.61. The lowest BCUT2D eigenvalue weighted by Gasteiger charge is -2.19. The predicted molar refractivity (Wildman–Crippen MR) is 66.2 cm³/mol. The van der Waals surface area contributed by atoms with Crippen LogP contribution < -0.4 is 0 Å². The molecule has 0 aliphatic carbocycles. The molecule has 0 saturated heterocycles. The van der Waals surface area contributed by atoms with Crippen molar-refractivity contribution < 1.29 is 0 Å². The van der Waals surface area contributed by atoms with Crippen LogP contribution in [0.3, 0.4) is 0 Å². The zero-order valence-corrected chi connectivity index (χ0v) is 9.94. The summed E-state index contributed by atoms with van der Waals surface area (Å²) in [4.78, 5) is 8.35. The van der Waals surface area contributed by atoms with Crippen LogP contribution in [-0.2, 0) is 5.41 Å². The molecule has 0 bridgehead atoms. The SMILES string of the molecule is CC(C)(C)c1ccc(-c2cnccn2)cc1. The molecule has 0 saturated carbocycles. The van der Waals surface area contributed by atoms with E-state index in [1.165, 1.54) is 5.56 Å². The molecular weight excluding hydrogens is 196 g/mol. The maximum absolute atomic E-state index is 4.28. The van der Waals surface area contributed by atoms with E-state index in [0.29, 0.717) is 0 Å². The molecule has 2 nitrogen and oxygen atoms in total. The van der Waals surface area contributed by atoms with E-state index in [0.717, 1.165) is 11.3 Å². The Balaban J connectivity index is 2.34. The fourth-order valence-electron chi connectivity index (χ4n) is 1.59. The molecule has 16 heavy (non-hydrogen) atoms. The van der Waals surface area contributed by atoms with Crippen molar-refractivity contribution in [1.82, 2.24) is 9.97 Å². The summed E-state index contributed by atoms with van der Waals surface area (Å²) < 4.78 is 0. The summed E-state index contributed by atoms with van der Waals surface area (Å²) >= 11 is 0. The summed E-state index contributed by atoms with van der Waals surface area (Å²) in [5.41, 5.74) is 3.56. The summed E-state index contributed by atoms with van der Waals surface area (Å²) in [6, 6.07) is 8.52. The minimum absolute atomic E-state index is 0.195. The maximum atomic E-state index is 4.28. The molecule has 1 aromatic heterocycles. The van der Waals surface area contributed by atoms with Crippen molar-refractivity contribution in [2.24, 2.45) is 0 Å². The molecule has 2 rings (SSSR count). The molecule has 0 radical (unpaired) electrons. The summed E-state index contributed by atoms with van der Waals surface area (Å²) in [7, 11) is 0. The van der Waals surface area contributed by atoms with Gasteiger partial charge in [0.25, 0.3) is 0 Å². The van der Waals surface area contributed by atoms with E-state index >= 15 is 0 Å². The molecule has 82 valence electrons. The topological polar surface area (TPSA) is 25.8 Å². The Labute approximate surface area is 96.4 Å². The molecule has 0 fully saturated rings. The van der Waals surface area contributed by atoms with Gasteiger partial charge in [-0.05, 0) is 11.0 Å². The smallest absolute Gasteiger partial charge is 0.0885 e. The lowest BCUT2D eigenvalue weighted by molar-refractivity contribution is 0.590. The van der Waals surface area contributed by atoms with Crippen LogP contribution >= 0.6 is 0 Å². The zero-order valence-electron chi connectivity index (χ0n) is 9.94. The van der Waals surface area contributed by atoms with Gasteiger partial charge in [-0.15, -0.1) is 0 Å². The molecule has 0 aliphatic heterocycles. The highest BCUT2D eigenvalue weighted by atomic mass is 14.8. The molecule has 0 unspecified atom stereocenters. The van der Waals surface area contributed by atoms with Crippen LogP contribution in [0.2, 0.25) is 0 Å². The number of aromatic nitrogens is 2. The minimum atomic E-state index is 0.195. The second-order valence-electron chi connectivity index (χ2n) is 4.92. The van der Waals surface area contributed by atoms with Gasteiger partial charge in [-0.3, -0.25) is 9.97 Å². The van der Waals surface area contributed by atoms with E-state index in [2.05, 4.69) is 55.0 Å². The molecule has 0 spiro atoms. The van der Waals surface area contributed by atoms with Crippen LogP contribution in [0.1, 0.15) is 26.3 Å². The predicted octanol–water partition coefficient (Wildman–Crippen LogP) is 3.44. The van der Waals surface area contributed by atoms with Crippen molar-refractivity contribution in [3.63, 3.8) is 0 Å². The summed E-state index contributed by atoms with van der Waals surface area (Å²) in [6.45, 7) is 6.64. The van der Waals surface area contributed by atoms with Gasteiger partial charge in [0.15, 0.2) is 0 Å². The van der Waals surface area contributed by atoms with E-state index in [9.17, 15) is 0 Å². The molecule has 0 N–H and O–H groups in total. The van der Waals surface area contributed by atoms with Crippen molar-refractivity contribution in [3.8, 4) is 11.3 Å². The van der Waals surface area contributed by atoms with Crippen molar-refractivity contribution in [1.29, 1.82) is 0 Å². The monoisotopic (exact) mass is 212 g/mol. The van der Waals surface area contributed by atoms with Crippen molar-refractivity contribution >= 4 is 0 Å². The van der Waals surface area contributed by atoms with Gasteiger partial charge in [0.05, 0.1) is 11.9 Å². The first-order valence-corrected chi connectivity index (χ1v) is 5.44. The van der Waals surface area contributed by atoms with Crippen LogP contribution in [0.4, 0.5) is 0 Å². The molecule has 2 heteroatoms. The number of hydrogen-bond acceptors (Lipinski definition) is 2. The van der Waals surface area contributed by atoms with Crippen molar-refractivity contribution in [2.45, 2.75) is 26.2 Å². The van der Waals surface area contributed by atoms with Gasteiger partial charge in [-0.2, -0.15) is 0 Å². The first-order valence-electron chi connectivity index (χ1n) is 5.44. The molecule has 0 amide bonds. The van der Waals surface area contributed by atoms with Gasteiger partial charge in [0.2, 0.25) is 0 Å². The Bertz CT molecular complexity index is 452. The van der Waals surface area contributed by atoms with Crippen molar-refractivity contribution in [3.05, 3.63) is 48.4 Å². The molecule has 1 aromatic carbocycles. The highest BCUT2D eigenvalue weighted by molar-refractivity contribution is 5.58. The average Bonchev–Trinajstić information content (AvgIpc) is 2.29. The quantitative estimate of drug-likeness (QED) is 0.723. The van der Waals surface area contributed by atoms with E-state index < -0.39 is 0 Å². The Morgan fingerprint density at radius 1 is 0.938 bits per heavy atom. The standard InChI is InChI=1S/C14H16N2/c1-14(2,3)12-6-4-11(5-7-12)13-10-15-8-9-16-13/h4-10H,1-3H3. The van der Waals surface area contributed by atoms with Gasteiger partial charge in [-0.1, -0.05) is 45.0 Å². The molecular formula is C14H16N2. The summed E-state index contributed by atoms with van der Waals surface area (Å²) in [5, 5.41) is 0. The van der Waals surface area contributed by atoms with Crippen LogP contribution in [0.25, 0.3) is 11.3 Å². The van der Waals surface area contributed by atoms with Gasteiger partial charge < -0.3 is 0 Å². The third kappa shape index (κ3) is 2.27. The number of nitrogens with zero attached hydrogens (tertiary/aromatic N) is 2. The zero-order chi connectivity index (χ0) is 11.6. The van der Waals surface area contributed by atoms with Gasteiger partial charge >= 0.3 is 0 Å². The lowest BCUT2D eigenvalue weighted by Crippen LogP contribution is -2.10. The Morgan fingerprint density at radius 3 is 2.12 bits per heavy atom. The van der Waals surface area contributed by atoms with E-state index in [-0.39, 0.29) is 5.41 Å². The maximum Gasteiger partial charge on any atom is 0.0885 e. The average molecular weight is 212 g/mol. The highest BCUT2D eigenvalue weighted by Gasteiger charge is 2.13. The minimum Gasteiger partial charge on any atom is -0.261 e. The number of hydrogen-bond donors (Lipinski definition) is 0. The van der Waals surface area contributed by atoms with Gasteiger partial charge in [-0.25, -0.2) is 0 Å². The van der Waals surface area contributed by atoms with E-state index in [1.807, 2.05) is 0 Å². The summed E-state index contributed by atoms with van der Waals surface area (Å²) in [5.74, 6) is 0. The number of benzene rings is 1. The summed E-state index contributed by atoms with van der Waals surface area (Å²) in [6.07, 6.45) is 5.19. The normalized spacial score (nSPS) is 11.4. The first-order chi connectivity index (χ1) is 7.57. The first kappa shape index (κ1) is 10.8. The van der Waals surface area contributed by atoms with E-state index in [1.54, 1.807) is 18.6 Å². The second kappa shape index (κ2) is 4.05. The molecule has 0 atom stereocenters. The fourth-order valence-corrected chi connectivity index (χ4v) is 1.59. The van der Waals surface area contributed by atoms with Gasteiger partial charge in [0, 0.05) is 18.0 Å². The Kier molecular flexibility index (Phi) is 2.73. The Morgan fingerprint density at radius 2 is 1.62 bits per heavy atom. The highest BCUT2D eigenvalue weighted by Crippen LogP contribution is 2.24. The largest absolute Gasteiger partial charge is 0.261 e. The lowest BCUT2D eigenvalue weighted by atomic mass is 9.86. The molecule has 2 aromatic rings. The fraction of sp³-hybridized carbons (Fsp3) is 0.286. The van der Waals surface area contributed by atoms with Crippen LogP contribution in [0, 0.1) is 0 Å². The van der Waals surface area contributed by atoms with E-state index in [4.69, 9.17) is 0 Å². The van der Waals surface area contributed by atoms with Gasteiger partial charge in [0.1, 0.15) is 0 Å². The van der Waals surface area contributed by atoms with Crippen LogP contribution in [0.15, 0.2) is 42.9 Å². The van der Waals surface area contributed by atoms with Crippen LogP contribution in [-0.4, -0.2) is 9.97 Å². The molecule has 0 aliphatic rings. The molecule has 1 heterocycles. The number of rotatable bonds is 1. The second-order valence-corrected chi connectivity index (χ2v) is 4.92. The van der Waals surface area contributed by atoms with Crippen LogP contribution in [0.5, 0.6) is 0 Å².